The molecular formula is C16H19NO2. The van der Waals surface area contributed by atoms with Crippen molar-refractivity contribution in [2.24, 2.45) is 5.73 Å². The number of hydrogen-bond donors (Lipinski definition) is 2. The van der Waals surface area contributed by atoms with Crippen molar-refractivity contribution < 1.29 is 9.84 Å². The van der Waals surface area contributed by atoms with Crippen LogP contribution in [0, 0.1) is 6.92 Å². The fraction of sp³-hybridized carbons (Fsp3) is 0.250. The summed E-state index contributed by atoms with van der Waals surface area (Å²) in [7, 11) is 0. The van der Waals surface area contributed by atoms with E-state index in [0.29, 0.717) is 13.2 Å². The first-order valence-corrected chi connectivity index (χ1v) is 6.37. The first-order valence-electron chi connectivity index (χ1n) is 6.37. The Labute approximate surface area is 113 Å². The van der Waals surface area contributed by atoms with Crippen molar-refractivity contribution in [2.45, 2.75) is 12.8 Å². The van der Waals surface area contributed by atoms with E-state index in [9.17, 15) is 5.11 Å². The average molecular weight is 257 g/mol. The van der Waals surface area contributed by atoms with E-state index in [1.54, 1.807) is 24.3 Å². The van der Waals surface area contributed by atoms with Gasteiger partial charge in [0.15, 0.2) is 0 Å². The van der Waals surface area contributed by atoms with Gasteiger partial charge in [-0.1, -0.05) is 29.8 Å². The van der Waals surface area contributed by atoms with Crippen molar-refractivity contribution in [1.82, 2.24) is 0 Å². The zero-order chi connectivity index (χ0) is 13.7. The molecule has 0 saturated carbocycles. The van der Waals surface area contributed by atoms with Gasteiger partial charge in [-0.25, -0.2) is 0 Å². The van der Waals surface area contributed by atoms with Crippen LogP contribution < -0.4 is 10.5 Å². The molecule has 100 valence electrons. The highest BCUT2D eigenvalue weighted by Gasteiger charge is 2.10. The number of rotatable bonds is 5. The molecule has 0 aliphatic heterocycles. The van der Waals surface area contributed by atoms with Crippen LogP contribution in [-0.4, -0.2) is 18.3 Å². The zero-order valence-corrected chi connectivity index (χ0v) is 11.0. The zero-order valence-electron chi connectivity index (χ0n) is 11.0. The summed E-state index contributed by atoms with van der Waals surface area (Å²) < 4.78 is 5.71. The van der Waals surface area contributed by atoms with E-state index in [1.165, 1.54) is 11.1 Å². The molecule has 19 heavy (non-hydrogen) atoms. The lowest BCUT2D eigenvalue weighted by molar-refractivity contribution is 0.290. The fourth-order valence-corrected chi connectivity index (χ4v) is 1.88. The molecule has 0 radical (unpaired) electrons. The Morgan fingerprint density at radius 1 is 1.05 bits per heavy atom. The van der Waals surface area contributed by atoms with Crippen LogP contribution in [0.4, 0.5) is 0 Å². The average Bonchev–Trinajstić information content (AvgIpc) is 2.43. The Hall–Kier alpha value is -2.00. The van der Waals surface area contributed by atoms with E-state index < -0.39 is 0 Å². The SMILES string of the molecule is Cc1ccc(C(CN)COc2ccc(O)cc2)cc1. The van der Waals surface area contributed by atoms with Crippen LogP contribution in [0.3, 0.4) is 0 Å². The Balaban J connectivity index is 1.99. The molecule has 2 rings (SSSR count). The number of aromatic hydroxyl groups is 1. The van der Waals surface area contributed by atoms with Crippen LogP contribution >= 0.6 is 0 Å². The second kappa shape index (κ2) is 6.25. The number of phenols is 1. The molecule has 3 N–H and O–H groups in total. The number of hydrogen-bond acceptors (Lipinski definition) is 3. The molecular weight excluding hydrogens is 238 g/mol. The third kappa shape index (κ3) is 3.73. The largest absolute Gasteiger partial charge is 0.508 e. The van der Waals surface area contributed by atoms with Gasteiger partial charge in [-0.2, -0.15) is 0 Å². The molecule has 0 fully saturated rings. The highest BCUT2D eigenvalue weighted by atomic mass is 16.5. The Morgan fingerprint density at radius 2 is 1.68 bits per heavy atom. The van der Waals surface area contributed by atoms with Crippen LogP contribution in [-0.2, 0) is 0 Å². The van der Waals surface area contributed by atoms with Gasteiger partial charge in [0.1, 0.15) is 11.5 Å². The molecule has 3 nitrogen and oxygen atoms in total. The van der Waals surface area contributed by atoms with Crippen LogP contribution in [0.2, 0.25) is 0 Å². The van der Waals surface area contributed by atoms with E-state index in [4.69, 9.17) is 10.5 Å². The third-order valence-corrected chi connectivity index (χ3v) is 3.12. The van der Waals surface area contributed by atoms with E-state index in [1.807, 2.05) is 0 Å². The number of benzene rings is 2. The van der Waals surface area contributed by atoms with Gasteiger partial charge in [0.2, 0.25) is 0 Å². The lowest BCUT2D eigenvalue weighted by Crippen LogP contribution is -2.19. The summed E-state index contributed by atoms with van der Waals surface area (Å²) in [5.74, 6) is 1.15. The van der Waals surface area contributed by atoms with E-state index in [0.717, 1.165) is 5.75 Å². The molecule has 0 spiro atoms. The van der Waals surface area contributed by atoms with Crippen molar-refractivity contribution in [3.8, 4) is 11.5 Å². The lowest BCUT2D eigenvalue weighted by atomic mass is 9.99. The molecule has 2 aromatic carbocycles. The summed E-state index contributed by atoms with van der Waals surface area (Å²) >= 11 is 0. The van der Waals surface area contributed by atoms with Gasteiger partial charge >= 0.3 is 0 Å². The normalized spacial score (nSPS) is 12.1. The van der Waals surface area contributed by atoms with Gasteiger partial charge in [-0.3, -0.25) is 0 Å². The third-order valence-electron chi connectivity index (χ3n) is 3.12. The quantitative estimate of drug-likeness (QED) is 0.866. The van der Waals surface area contributed by atoms with Gasteiger partial charge in [0.05, 0.1) is 6.61 Å². The van der Waals surface area contributed by atoms with Crippen molar-refractivity contribution in [3.05, 3.63) is 59.7 Å². The Morgan fingerprint density at radius 3 is 2.26 bits per heavy atom. The molecule has 0 aromatic heterocycles. The van der Waals surface area contributed by atoms with Crippen LogP contribution in [0.25, 0.3) is 0 Å². The van der Waals surface area contributed by atoms with Crippen LogP contribution in [0.15, 0.2) is 48.5 Å². The summed E-state index contributed by atoms with van der Waals surface area (Å²) in [4.78, 5) is 0. The van der Waals surface area contributed by atoms with Gasteiger partial charge in [-0.05, 0) is 36.8 Å². The van der Waals surface area contributed by atoms with Gasteiger partial charge in [-0.15, -0.1) is 0 Å². The van der Waals surface area contributed by atoms with Gasteiger partial charge in [0.25, 0.3) is 0 Å². The first kappa shape index (κ1) is 13.4. The predicted molar refractivity (Wildman–Crippen MR) is 76.6 cm³/mol. The van der Waals surface area contributed by atoms with Gasteiger partial charge < -0.3 is 15.6 Å². The topological polar surface area (TPSA) is 55.5 Å². The number of phenolic OH excluding ortho intramolecular Hbond substituents is 1. The van der Waals surface area contributed by atoms with Gasteiger partial charge in [0, 0.05) is 12.5 Å². The van der Waals surface area contributed by atoms with Crippen molar-refractivity contribution in [3.63, 3.8) is 0 Å². The maximum absolute atomic E-state index is 9.21. The summed E-state index contributed by atoms with van der Waals surface area (Å²) in [6, 6.07) is 15.1. The molecule has 1 unspecified atom stereocenters. The van der Waals surface area contributed by atoms with Crippen LogP contribution in [0.5, 0.6) is 11.5 Å². The second-order valence-electron chi connectivity index (χ2n) is 4.65. The summed E-state index contributed by atoms with van der Waals surface area (Å²) in [5, 5.41) is 9.21. The van der Waals surface area contributed by atoms with E-state index >= 15 is 0 Å². The minimum absolute atomic E-state index is 0.175. The number of ether oxygens (including phenoxy) is 1. The molecule has 2 aromatic rings. The van der Waals surface area contributed by atoms with E-state index in [2.05, 4.69) is 31.2 Å². The molecule has 0 heterocycles. The van der Waals surface area contributed by atoms with Crippen molar-refractivity contribution in [1.29, 1.82) is 0 Å². The fourth-order valence-electron chi connectivity index (χ4n) is 1.88. The van der Waals surface area contributed by atoms with E-state index in [-0.39, 0.29) is 11.7 Å². The number of aryl methyl sites for hydroxylation is 1. The first-order chi connectivity index (χ1) is 9.19. The maximum atomic E-state index is 9.21. The summed E-state index contributed by atoms with van der Waals surface area (Å²) in [5.41, 5.74) is 8.23. The van der Waals surface area contributed by atoms with Crippen LogP contribution in [0.1, 0.15) is 17.0 Å². The molecule has 0 bridgehead atoms. The Kier molecular flexibility index (Phi) is 4.42. The summed E-state index contributed by atoms with van der Waals surface area (Å²) in [6.07, 6.45) is 0. The summed E-state index contributed by atoms with van der Waals surface area (Å²) in [6.45, 7) is 3.14. The second-order valence-corrected chi connectivity index (χ2v) is 4.65. The molecule has 0 aliphatic carbocycles. The number of nitrogens with two attached hydrogens (primary N) is 1. The lowest BCUT2D eigenvalue weighted by Gasteiger charge is -2.16. The van der Waals surface area contributed by atoms with Crippen molar-refractivity contribution in [2.75, 3.05) is 13.2 Å². The monoisotopic (exact) mass is 257 g/mol. The minimum atomic E-state index is 0.175. The maximum Gasteiger partial charge on any atom is 0.119 e. The molecule has 1 atom stereocenters. The Bertz CT molecular complexity index is 505. The molecule has 0 amide bonds. The standard InChI is InChI=1S/C16H19NO2/c1-12-2-4-13(5-3-12)14(10-17)11-19-16-8-6-15(18)7-9-16/h2-9,14,18H,10-11,17H2,1H3. The minimum Gasteiger partial charge on any atom is -0.508 e. The predicted octanol–water partition coefficient (Wildman–Crippen LogP) is 2.82. The highest BCUT2D eigenvalue weighted by Crippen LogP contribution is 2.20. The smallest absolute Gasteiger partial charge is 0.119 e. The highest BCUT2D eigenvalue weighted by molar-refractivity contribution is 5.30. The molecule has 3 heteroatoms. The molecule has 0 aliphatic rings. The van der Waals surface area contributed by atoms with Crippen molar-refractivity contribution >= 4 is 0 Å². The molecule has 0 saturated heterocycles.